The van der Waals surface area contributed by atoms with Gasteiger partial charge < -0.3 is 9.73 Å². The first-order valence-electron chi connectivity index (χ1n) is 10.1. The molecule has 1 aromatic heterocycles. The molecule has 0 aliphatic carbocycles. The molecule has 1 aromatic carbocycles. The summed E-state index contributed by atoms with van der Waals surface area (Å²) in [6.45, 7) is 16.6. The van der Waals surface area contributed by atoms with Crippen molar-refractivity contribution in [2.24, 2.45) is 5.92 Å². The second-order valence-electron chi connectivity index (χ2n) is 8.26. The summed E-state index contributed by atoms with van der Waals surface area (Å²) < 4.78 is 34.8. The standard InChI is InChI=1S/C24H24F2N2O3/c1-11(2)7-8-17(29)19-13(4)28-14(5)23(27-6)20(19)15-10-16(25)22(26)21-18(30)9-12(3)31-24(15)21/h9-11,20,28H,7-8H2,1-5H3. The molecule has 5 nitrogen and oxygen atoms in total. The number of carbonyl (C=O) groups is 1. The predicted octanol–water partition coefficient (Wildman–Crippen LogP) is 5.50. The fraction of sp³-hybridized carbons (Fsp3) is 0.375. The lowest BCUT2D eigenvalue weighted by atomic mass is 9.80. The predicted molar refractivity (Wildman–Crippen MR) is 114 cm³/mol. The number of carbonyl (C=O) groups excluding carboxylic acids is 1. The van der Waals surface area contributed by atoms with Gasteiger partial charge in [-0.1, -0.05) is 13.8 Å². The molecule has 7 heteroatoms. The highest BCUT2D eigenvalue weighted by Crippen LogP contribution is 2.43. The Morgan fingerprint density at radius 1 is 1.23 bits per heavy atom. The number of hydrogen-bond donors (Lipinski definition) is 1. The first kappa shape index (κ1) is 22.4. The van der Waals surface area contributed by atoms with Crippen LogP contribution in [0, 0.1) is 31.0 Å². The minimum Gasteiger partial charge on any atom is -0.461 e. The molecule has 0 saturated carbocycles. The second-order valence-corrected chi connectivity index (χ2v) is 8.26. The maximum Gasteiger partial charge on any atom is 0.196 e. The van der Waals surface area contributed by atoms with Crippen molar-refractivity contribution in [1.82, 2.24) is 5.32 Å². The normalized spacial score (nSPS) is 16.7. The van der Waals surface area contributed by atoms with E-state index in [1.54, 1.807) is 13.8 Å². The fourth-order valence-electron chi connectivity index (χ4n) is 3.98. The van der Waals surface area contributed by atoms with Crippen molar-refractivity contribution in [3.05, 3.63) is 79.4 Å². The number of nitrogens with zero attached hydrogens (tertiary/aromatic N) is 1. The zero-order chi connectivity index (χ0) is 23.0. The minimum atomic E-state index is -1.31. The van der Waals surface area contributed by atoms with Gasteiger partial charge in [0, 0.05) is 35.0 Å². The summed E-state index contributed by atoms with van der Waals surface area (Å²) in [7, 11) is 0. The van der Waals surface area contributed by atoms with Crippen LogP contribution in [0.5, 0.6) is 0 Å². The van der Waals surface area contributed by atoms with E-state index in [1.807, 2.05) is 13.8 Å². The summed E-state index contributed by atoms with van der Waals surface area (Å²) >= 11 is 0. The van der Waals surface area contributed by atoms with Crippen LogP contribution < -0.4 is 10.7 Å². The maximum atomic E-state index is 14.6. The van der Waals surface area contributed by atoms with E-state index in [0.29, 0.717) is 29.3 Å². The molecule has 1 N–H and O–H groups in total. The molecule has 0 amide bonds. The van der Waals surface area contributed by atoms with Crippen LogP contribution in [0.3, 0.4) is 0 Å². The molecule has 1 atom stereocenters. The molecule has 0 spiro atoms. The number of dihydropyridines is 1. The third-order valence-corrected chi connectivity index (χ3v) is 5.45. The third-order valence-electron chi connectivity index (χ3n) is 5.45. The van der Waals surface area contributed by atoms with Crippen LogP contribution in [0.1, 0.15) is 57.8 Å². The number of nitrogens with one attached hydrogen (secondary N) is 1. The van der Waals surface area contributed by atoms with E-state index in [0.717, 1.165) is 12.1 Å². The molecule has 2 aromatic rings. The highest BCUT2D eigenvalue weighted by molar-refractivity contribution is 5.99. The molecule has 1 unspecified atom stereocenters. The van der Waals surface area contributed by atoms with Gasteiger partial charge in [0.05, 0.1) is 12.5 Å². The van der Waals surface area contributed by atoms with E-state index in [2.05, 4.69) is 10.2 Å². The number of ketones is 1. The van der Waals surface area contributed by atoms with E-state index in [4.69, 9.17) is 11.0 Å². The van der Waals surface area contributed by atoms with Gasteiger partial charge in [-0.15, -0.1) is 0 Å². The van der Waals surface area contributed by atoms with Gasteiger partial charge in [0.1, 0.15) is 16.7 Å². The SMILES string of the molecule is [C-]#[N+]C1=C(C)NC(C)=C(C(=O)CCC(C)C)C1c1cc(F)c(F)c2c(=O)cc(C)oc12. The van der Waals surface area contributed by atoms with E-state index in [9.17, 15) is 18.4 Å². The number of benzene rings is 1. The molecule has 0 saturated heterocycles. The summed E-state index contributed by atoms with van der Waals surface area (Å²) in [6, 6.07) is 2.02. The molecule has 1 aliphatic heterocycles. The van der Waals surface area contributed by atoms with E-state index < -0.39 is 28.4 Å². The van der Waals surface area contributed by atoms with Gasteiger partial charge in [-0.25, -0.2) is 13.6 Å². The average Bonchev–Trinajstić information content (AvgIpc) is 2.67. The number of aryl methyl sites for hydroxylation is 1. The van der Waals surface area contributed by atoms with Crippen LogP contribution in [0.15, 0.2) is 44.0 Å². The van der Waals surface area contributed by atoms with Crippen molar-refractivity contribution in [3.8, 4) is 0 Å². The van der Waals surface area contributed by atoms with Crippen LogP contribution in [-0.2, 0) is 4.79 Å². The van der Waals surface area contributed by atoms with Crippen molar-refractivity contribution in [2.75, 3.05) is 0 Å². The summed E-state index contributed by atoms with van der Waals surface area (Å²) in [4.78, 5) is 29.3. The highest BCUT2D eigenvalue weighted by atomic mass is 19.2. The molecule has 162 valence electrons. The van der Waals surface area contributed by atoms with Gasteiger partial charge in [0.15, 0.2) is 28.5 Å². The molecule has 2 heterocycles. The lowest BCUT2D eigenvalue weighted by Gasteiger charge is -2.29. The van der Waals surface area contributed by atoms with E-state index >= 15 is 0 Å². The van der Waals surface area contributed by atoms with Gasteiger partial charge in [-0.2, -0.15) is 0 Å². The number of halogens is 2. The minimum absolute atomic E-state index is 0.0915. The van der Waals surface area contributed by atoms with Crippen LogP contribution in [-0.4, -0.2) is 5.78 Å². The number of fused-ring (bicyclic) bond motifs is 1. The number of Topliss-reactive ketones (excluding diaryl/α,β-unsaturated/α-hetero) is 1. The lowest BCUT2D eigenvalue weighted by Crippen LogP contribution is -2.28. The van der Waals surface area contributed by atoms with Crippen LogP contribution >= 0.6 is 0 Å². The summed E-state index contributed by atoms with van der Waals surface area (Å²) in [5.74, 6) is -3.18. The zero-order valence-corrected chi connectivity index (χ0v) is 18.2. The van der Waals surface area contributed by atoms with Gasteiger partial charge in [-0.3, -0.25) is 9.59 Å². The fourth-order valence-corrected chi connectivity index (χ4v) is 3.98. The third kappa shape index (κ3) is 4.02. The van der Waals surface area contributed by atoms with Gasteiger partial charge in [-0.05, 0) is 39.2 Å². The highest BCUT2D eigenvalue weighted by Gasteiger charge is 2.36. The molecule has 1 aliphatic rings. The molecular formula is C24H24F2N2O3. The quantitative estimate of drug-likeness (QED) is 0.642. The van der Waals surface area contributed by atoms with Crippen LogP contribution in [0.25, 0.3) is 15.8 Å². The summed E-state index contributed by atoms with van der Waals surface area (Å²) in [6.07, 6.45) is 0.891. The average molecular weight is 426 g/mol. The Labute approximate surface area is 179 Å². The Morgan fingerprint density at radius 3 is 2.52 bits per heavy atom. The smallest absolute Gasteiger partial charge is 0.196 e. The van der Waals surface area contributed by atoms with Gasteiger partial charge in [0.2, 0.25) is 0 Å². The summed E-state index contributed by atoms with van der Waals surface area (Å²) in [5, 5.41) is 2.54. The Balaban J connectivity index is 2.36. The van der Waals surface area contributed by atoms with Crippen molar-refractivity contribution >= 4 is 16.8 Å². The molecule has 0 bridgehead atoms. The Morgan fingerprint density at radius 2 is 1.90 bits per heavy atom. The van der Waals surface area contributed by atoms with Crippen molar-refractivity contribution in [1.29, 1.82) is 0 Å². The van der Waals surface area contributed by atoms with Crippen molar-refractivity contribution in [3.63, 3.8) is 0 Å². The first-order valence-corrected chi connectivity index (χ1v) is 10.1. The molecule has 0 radical (unpaired) electrons. The van der Waals surface area contributed by atoms with Gasteiger partial charge >= 0.3 is 0 Å². The molecule has 31 heavy (non-hydrogen) atoms. The lowest BCUT2D eigenvalue weighted by molar-refractivity contribution is -0.116. The Bertz CT molecular complexity index is 1250. The van der Waals surface area contributed by atoms with E-state index in [1.165, 1.54) is 6.92 Å². The monoisotopic (exact) mass is 426 g/mol. The first-order chi connectivity index (χ1) is 14.6. The van der Waals surface area contributed by atoms with Crippen molar-refractivity contribution < 1.29 is 18.0 Å². The van der Waals surface area contributed by atoms with Crippen molar-refractivity contribution in [2.45, 2.75) is 53.4 Å². The molecule has 3 rings (SSSR count). The topological polar surface area (TPSA) is 63.7 Å². The number of rotatable bonds is 5. The van der Waals surface area contributed by atoms with Crippen LogP contribution in [0.4, 0.5) is 8.78 Å². The van der Waals surface area contributed by atoms with Crippen LogP contribution in [0.2, 0.25) is 0 Å². The zero-order valence-electron chi connectivity index (χ0n) is 18.2. The molecule has 0 fully saturated rings. The second kappa shape index (κ2) is 8.46. The molecular weight excluding hydrogens is 402 g/mol. The summed E-state index contributed by atoms with van der Waals surface area (Å²) in [5.41, 5.74) is 0.746. The number of hydrogen-bond acceptors (Lipinski definition) is 4. The van der Waals surface area contributed by atoms with E-state index in [-0.39, 0.29) is 34.8 Å². The van der Waals surface area contributed by atoms with Gasteiger partial charge in [0.25, 0.3) is 0 Å². The number of allylic oxidation sites excluding steroid dienone is 3. The largest absolute Gasteiger partial charge is 0.461 e. The maximum absolute atomic E-state index is 14.6. The Hall–Kier alpha value is -3.27. The Kier molecular flexibility index (Phi) is 6.12.